The average Bonchev–Trinajstić information content (AvgIpc) is 3.02. The van der Waals surface area contributed by atoms with E-state index in [1.54, 1.807) is 0 Å². The SMILES string of the molecule is CC1(C)CCCC1C(=O)NCCc1c[nH]c2ccccc12. The number of H-pyrrole nitrogens is 1. The number of carbonyl (C=O) groups excluding carboxylic acids is 1. The van der Waals surface area contributed by atoms with Crippen molar-refractivity contribution in [1.29, 1.82) is 0 Å². The lowest BCUT2D eigenvalue weighted by Gasteiger charge is -2.25. The number of fused-ring (bicyclic) bond motifs is 1. The van der Waals surface area contributed by atoms with Crippen molar-refractivity contribution in [3.63, 3.8) is 0 Å². The van der Waals surface area contributed by atoms with E-state index >= 15 is 0 Å². The molecule has 1 fully saturated rings. The highest BCUT2D eigenvalue weighted by molar-refractivity contribution is 5.83. The largest absolute Gasteiger partial charge is 0.361 e. The number of aromatic nitrogens is 1. The summed E-state index contributed by atoms with van der Waals surface area (Å²) in [6.45, 7) is 5.14. The molecule has 1 saturated carbocycles. The van der Waals surface area contributed by atoms with Gasteiger partial charge < -0.3 is 10.3 Å². The molecular weight excluding hydrogens is 260 g/mol. The molecule has 3 rings (SSSR count). The molecule has 0 aliphatic heterocycles. The van der Waals surface area contributed by atoms with Gasteiger partial charge in [0.05, 0.1) is 0 Å². The van der Waals surface area contributed by atoms with Gasteiger partial charge in [-0.05, 0) is 36.3 Å². The van der Waals surface area contributed by atoms with Crippen LogP contribution in [0.1, 0.15) is 38.7 Å². The van der Waals surface area contributed by atoms with E-state index in [0.29, 0.717) is 6.54 Å². The highest BCUT2D eigenvalue weighted by Gasteiger charge is 2.38. The molecule has 1 unspecified atom stereocenters. The van der Waals surface area contributed by atoms with Crippen molar-refractivity contribution in [1.82, 2.24) is 10.3 Å². The van der Waals surface area contributed by atoms with Gasteiger partial charge in [-0.25, -0.2) is 0 Å². The molecule has 0 radical (unpaired) electrons. The summed E-state index contributed by atoms with van der Waals surface area (Å²) < 4.78 is 0. The predicted octanol–water partition coefficient (Wildman–Crippen LogP) is 3.65. The highest BCUT2D eigenvalue weighted by Crippen LogP contribution is 2.42. The number of carbonyl (C=O) groups is 1. The van der Waals surface area contributed by atoms with Gasteiger partial charge >= 0.3 is 0 Å². The third kappa shape index (κ3) is 2.82. The predicted molar refractivity (Wildman–Crippen MR) is 86.1 cm³/mol. The van der Waals surface area contributed by atoms with Crippen LogP contribution in [0.2, 0.25) is 0 Å². The van der Waals surface area contributed by atoms with Gasteiger partial charge in [-0.15, -0.1) is 0 Å². The zero-order valence-corrected chi connectivity index (χ0v) is 12.9. The summed E-state index contributed by atoms with van der Waals surface area (Å²) in [5.41, 5.74) is 2.59. The summed E-state index contributed by atoms with van der Waals surface area (Å²) in [4.78, 5) is 15.6. The molecule has 3 nitrogen and oxygen atoms in total. The first-order chi connectivity index (χ1) is 10.1. The van der Waals surface area contributed by atoms with Crippen molar-refractivity contribution in [2.75, 3.05) is 6.54 Å². The Labute approximate surface area is 126 Å². The molecule has 1 aromatic carbocycles. The Morgan fingerprint density at radius 3 is 2.95 bits per heavy atom. The molecule has 2 aromatic rings. The number of hydrogen-bond acceptors (Lipinski definition) is 1. The molecule has 3 heteroatoms. The van der Waals surface area contributed by atoms with Crippen LogP contribution in [0.3, 0.4) is 0 Å². The molecule has 1 heterocycles. The van der Waals surface area contributed by atoms with E-state index in [4.69, 9.17) is 0 Å². The maximum absolute atomic E-state index is 12.3. The summed E-state index contributed by atoms with van der Waals surface area (Å²) in [6, 6.07) is 8.30. The standard InChI is InChI=1S/C18H24N2O/c1-18(2)10-5-7-15(18)17(21)19-11-9-13-12-20-16-8-4-3-6-14(13)16/h3-4,6,8,12,15,20H,5,7,9-11H2,1-2H3,(H,19,21). The lowest BCUT2D eigenvalue weighted by molar-refractivity contribution is -0.127. The molecule has 1 atom stereocenters. The maximum Gasteiger partial charge on any atom is 0.223 e. The van der Waals surface area contributed by atoms with Gasteiger partial charge in [0, 0.05) is 29.6 Å². The fourth-order valence-corrected chi connectivity index (χ4v) is 3.59. The number of nitrogens with one attached hydrogen (secondary N) is 2. The highest BCUT2D eigenvalue weighted by atomic mass is 16.1. The third-order valence-corrected chi connectivity index (χ3v) is 4.94. The summed E-state index contributed by atoms with van der Waals surface area (Å²) >= 11 is 0. The first-order valence-corrected chi connectivity index (χ1v) is 7.91. The monoisotopic (exact) mass is 284 g/mol. The van der Waals surface area contributed by atoms with Crippen LogP contribution in [0, 0.1) is 11.3 Å². The first-order valence-electron chi connectivity index (χ1n) is 7.91. The minimum Gasteiger partial charge on any atom is -0.361 e. The minimum absolute atomic E-state index is 0.158. The molecule has 0 saturated heterocycles. The number of benzene rings is 1. The van der Waals surface area contributed by atoms with Gasteiger partial charge in [0.2, 0.25) is 5.91 Å². The summed E-state index contributed by atoms with van der Waals surface area (Å²) in [6.07, 6.45) is 6.30. The Morgan fingerprint density at radius 2 is 2.19 bits per heavy atom. The molecule has 1 amide bonds. The molecule has 0 bridgehead atoms. The maximum atomic E-state index is 12.3. The van der Waals surface area contributed by atoms with Crippen molar-refractivity contribution >= 4 is 16.8 Å². The van der Waals surface area contributed by atoms with Crippen molar-refractivity contribution in [3.05, 3.63) is 36.0 Å². The Kier molecular flexibility index (Phi) is 3.75. The first kappa shape index (κ1) is 14.2. The smallest absolute Gasteiger partial charge is 0.223 e. The van der Waals surface area contributed by atoms with Crippen LogP contribution < -0.4 is 5.32 Å². The zero-order chi connectivity index (χ0) is 14.9. The second kappa shape index (κ2) is 5.55. The molecule has 112 valence electrons. The quantitative estimate of drug-likeness (QED) is 0.884. The second-order valence-corrected chi connectivity index (χ2v) is 6.83. The van der Waals surface area contributed by atoms with E-state index in [1.165, 1.54) is 17.4 Å². The fraction of sp³-hybridized carbons (Fsp3) is 0.500. The second-order valence-electron chi connectivity index (χ2n) is 6.83. The third-order valence-electron chi connectivity index (χ3n) is 4.94. The normalized spacial score (nSPS) is 20.8. The van der Waals surface area contributed by atoms with Gasteiger partial charge in [-0.2, -0.15) is 0 Å². The minimum atomic E-state index is 0.158. The number of rotatable bonds is 4. The van der Waals surface area contributed by atoms with Crippen LogP contribution in [-0.2, 0) is 11.2 Å². The molecule has 2 N–H and O–H groups in total. The van der Waals surface area contributed by atoms with Gasteiger partial charge in [-0.3, -0.25) is 4.79 Å². The van der Waals surface area contributed by atoms with Gasteiger partial charge in [0.25, 0.3) is 0 Å². The van der Waals surface area contributed by atoms with Crippen LogP contribution in [0.25, 0.3) is 10.9 Å². The summed E-state index contributed by atoms with van der Waals surface area (Å²) in [7, 11) is 0. The van der Waals surface area contributed by atoms with Gasteiger partial charge in [-0.1, -0.05) is 38.5 Å². The summed E-state index contributed by atoms with van der Waals surface area (Å²) in [5, 5.41) is 4.39. The van der Waals surface area contributed by atoms with Gasteiger partial charge in [0.15, 0.2) is 0 Å². The molecule has 21 heavy (non-hydrogen) atoms. The number of para-hydroxylation sites is 1. The zero-order valence-electron chi connectivity index (χ0n) is 12.9. The van der Waals surface area contributed by atoms with E-state index in [1.807, 2.05) is 6.07 Å². The van der Waals surface area contributed by atoms with Crippen molar-refractivity contribution < 1.29 is 4.79 Å². The van der Waals surface area contributed by atoms with E-state index in [2.05, 4.69) is 48.5 Å². The van der Waals surface area contributed by atoms with Crippen LogP contribution in [-0.4, -0.2) is 17.4 Å². The summed E-state index contributed by atoms with van der Waals surface area (Å²) in [5.74, 6) is 0.415. The molecule has 1 aliphatic carbocycles. The Balaban J connectivity index is 1.58. The number of amides is 1. The lowest BCUT2D eigenvalue weighted by Crippen LogP contribution is -2.37. The number of hydrogen-bond donors (Lipinski definition) is 2. The fourth-order valence-electron chi connectivity index (χ4n) is 3.59. The van der Waals surface area contributed by atoms with Crippen molar-refractivity contribution in [2.45, 2.75) is 39.5 Å². The molecular formula is C18H24N2O. The van der Waals surface area contributed by atoms with Crippen LogP contribution in [0.5, 0.6) is 0 Å². The van der Waals surface area contributed by atoms with Crippen LogP contribution in [0.4, 0.5) is 0 Å². The average molecular weight is 284 g/mol. The van der Waals surface area contributed by atoms with Crippen LogP contribution in [0.15, 0.2) is 30.5 Å². The van der Waals surface area contributed by atoms with Crippen LogP contribution >= 0.6 is 0 Å². The molecule has 1 aliphatic rings. The topological polar surface area (TPSA) is 44.9 Å². The van der Waals surface area contributed by atoms with E-state index < -0.39 is 0 Å². The number of aromatic amines is 1. The van der Waals surface area contributed by atoms with Crippen molar-refractivity contribution in [3.8, 4) is 0 Å². The van der Waals surface area contributed by atoms with Crippen molar-refractivity contribution in [2.24, 2.45) is 11.3 Å². The van der Waals surface area contributed by atoms with E-state index in [-0.39, 0.29) is 17.2 Å². The Hall–Kier alpha value is -1.77. The van der Waals surface area contributed by atoms with E-state index in [0.717, 1.165) is 24.8 Å². The van der Waals surface area contributed by atoms with E-state index in [9.17, 15) is 4.79 Å². The van der Waals surface area contributed by atoms with Gasteiger partial charge in [0.1, 0.15) is 0 Å². The lowest BCUT2D eigenvalue weighted by atomic mass is 9.81. The Bertz CT molecular complexity index is 641. The Morgan fingerprint density at radius 1 is 1.38 bits per heavy atom. The molecule has 1 aromatic heterocycles. The molecule has 0 spiro atoms.